The van der Waals surface area contributed by atoms with Crippen molar-refractivity contribution in [2.45, 2.75) is 39.3 Å². The molecule has 0 aromatic heterocycles. The van der Waals surface area contributed by atoms with Gasteiger partial charge in [0.15, 0.2) is 0 Å². The van der Waals surface area contributed by atoms with Gasteiger partial charge < -0.3 is 14.0 Å². The molecule has 0 heterocycles. The first kappa shape index (κ1) is 13.1. The molecular weight excluding hydrogens is 184 g/mol. The monoisotopic (exact) mass is 206 g/mol. The van der Waals surface area contributed by atoms with Gasteiger partial charge in [-0.25, -0.2) is 0 Å². The maximum absolute atomic E-state index is 8.66. The molecule has 1 N–H and O–H groups in total. The van der Waals surface area contributed by atoms with Gasteiger partial charge in [-0.15, -0.1) is 0 Å². The van der Waals surface area contributed by atoms with E-state index in [9.17, 15) is 0 Å². The lowest BCUT2D eigenvalue weighted by molar-refractivity contribution is 0.136. The van der Waals surface area contributed by atoms with Gasteiger partial charge in [0.05, 0.1) is 13.2 Å². The molecule has 13 heavy (non-hydrogen) atoms. The summed E-state index contributed by atoms with van der Waals surface area (Å²) in [5, 5.41) is 8.66. The SMILES string of the molecule is CCCO[Si](C)(CCC)OCCO. The number of rotatable bonds is 8. The van der Waals surface area contributed by atoms with Crippen molar-refractivity contribution in [1.82, 2.24) is 0 Å². The predicted octanol–water partition coefficient (Wildman–Crippen LogP) is 1.90. The van der Waals surface area contributed by atoms with E-state index < -0.39 is 8.56 Å². The Bertz CT molecular complexity index is 111. The van der Waals surface area contributed by atoms with Gasteiger partial charge in [-0.2, -0.15) is 0 Å². The van der Waals surface area contributed by atoms with Gasteiger partial charge in [0.2, 0.25) is 0 Å². The molecule has 0 saturated heterocycles. The van der Waals surface area contributed by atoms with E-state index in [1.165, 1.54) is 0 Å². The van der Waals surface area contributed by atoms with Gasteiger partial charge in [0.25, 0.3) is 0 Å². The first-order valence-corrected chi connectivity index (χ1v) is 7.59. The van der Waals surface area contributed by atoms with Crippen LogP contribution in [0.25, 0.3) is 0 Å². The molecule has 0 saturated carbocycles. The fraction of sp³-hybridized carbons (Fsp3) is 1.00. The molecule has 1 atom stereocenters. The highest BCUT2D eigenvalue weighted by Gasteiger charge is 2.29. The van der Waals surface area contributed by atoms with Gasteiger partial charge in [-0.3, -0.25) is 0 Å². The van der Waals surface area contributed by atoms with Crippen LogP contribution in [0.5, 0.6) is 0 Å². The van der Waals surface area contributed by atoms with Crippen molar-refractivity contribution in [2.75, 3.05) is 19.8 Å². The van der Waals surface area contributed by atoms with E-state index in [-0.39, 0.29) is 6.61 Å². The second-order valence-electron chi connectivity index (χ2n) is 3.30. The molecule has 0 spiro atoms. The molecule has 4 heteroatoms. The molecule has 0 bridgehead atoms. The number of aliphatic hydroxyl groups is 1. The molecule has 0 amide bonds. The van der Waals surface area contributed by atoms with E-state index >= 15 is 0 Å². The van der Waals surface area contributed by atoms with Crippen molar-refractivity contribution >= 4 is 8.56 Å². The fourth-order valence-corrected chi connectivity index (χ4v) is 3.66. The lowest BCUT2D eigenvalue weighted by atomic mass is 10.5. The molecule has 80 valence electrons. The maximum Gasteiger partial charge on any atom is 0.334 e. The van der Waals surface area contributed by atoms with Crippen LogP contribution in [0.3, 0.4) is 0 Å². The highest BCUT2D eigenvalue weighted by molar-refractivity contribution is 6.66. The summed E-state index contributed by atoms with van der Waals surface area (Å²) < 4.78 is 11.3. The van der Waals surface area contributed by atoms with Gasteiger partial charge in [0, 0.05) is 6.61 Å². The Labute approximate surface area is 82.3 Å². The summed E-state index contributed by atoms with van der Waals surface area (Å²) in [7, 11) is -1.95. The van der Waals surface area contributed by atoms with Gasteiger partial charge in [0.1, 0.15) is 0 Å². The molecule has 0 fully saturated rings. The van der Waals surface area contributed by atoms with Crippen LogP contribution in [0.1, 0.15) is 26.7 Å². The van der Waals surface area contributed by atoms with Crippen LogP contribution in [-0.4, -0.2) is 33.5 Å². The van der Waals surface area contributed by atoms with Crippen molar-refractivity contribution in [3.8, 4) is 0 Å². The molecule has 0 radical (unpaired) electrons. The quantitative estimate of drug-likeness (QED) is 0.617. The third-order valence-electron chi connectivity index (χ3n) is 1.81. The highest BCUT2D eigenvalue weighted by Crippen LogP contribution is 2.15. The van der Waals surface area contributed by atoms with Crippen LogP contribution in [0.15, 0.2) is 0 Å². The molecular formula is C9H22O3Si. The standard InChI is InChI=1S/C9H22O3Si/c1-4-7-11-13(3,9-5-2)12-8-6-10/h10H,4-9H2,1-3H3. The van der Waals surface area contributed by atoms with Gasteiger partial charge in [-0.05, 0) is 19.0 Å². The first-order valence-electron chi connectivity index (χ1n) is 5.07. The molecule has 0 aliphatic heterocycles. The minimum atomic E-state index is -1.95. The smallest absolute Gasteiger partial charge is 0.334 e. The van der Waals surface area contributed by atoms with Crippen molar-refractivity contribution in [1.29, 1.82) is 0 Å². The van der Waals surface area contributed by atoms with E-state index in [1.54, 1.807) is 0 Å². The Balaban J connectivity index is 3.84. The number of hydrogen-bond donors (Lipinski definition) is 1. The zero-order valence-corrected chi connectivity index (χ0v) is 10.0. The van der Waals surface area contributed by atoms with Crippen LogP contribution in [-0.2, 0) is 8.85 Å². The summed E-state index contributed by atoms with van der Waals surface area (Å²) in [5.41, 5.74) is 0. The lowest BCUT2D eigenvalue weighted by Gasteiger charge is -2.26. The van der Waals surface area contributed by atoms with Gasteiger partial charge in [-0.1, -0.05) is 20.3 Å². The average Bonchev–Trinajstić information content (AvgIpc) is 2.12. The van der Waals surface area contributed by atoms with Crippen molar-refractivity contribution in [2.24, 2.45) is 0 Å². The molecule has 1 unspecified atom stereocenters. The minimum Gasteiger partial charge on any atom is -0.394 e. The van der Waals surface area contributed by atoms with E-state index in [0.717, 1.165) is 25.5 Å². The molecule has 0 aliphatic rings. The van der Waals surface area contributed by atoms with E-state index in [2.05, 4.69) is 20.4 Å². The van der Waals surface area contributed by atoms with Crippen molar-refractivity contribution in [3.05, 3.63) is 0 Å². The Morgan fingerprint density at radius 3 is 2.15 bits per heavy atom. The third kappa shape index (κ3) is 6.21. The second-order valence-corrected chi connectivity index (χ2v) is 6.65. The summed E-state index contributed by atoms with van der Waals surface area (Å²) in [6.07, 6.45) is 2.10. The van der Waals surface area contributed by atoms with Gasteiger partial charge >= 0.3 is 8.56 Å². The number of hydrogen-bond acceptors (Lipinski definition) is 3. The maximum atomic E-state index is 8.66. The van der Waals surface area contributed by atoms with Crippen LogP contribution in [0, 0.1) is 0 Å². The molecule has 0 aromatic rings. The molecule has 3 nitrogen and oxygen atoms in total. The number of aliphatic hydroxyl groups excluding tert-OH is 1. The van der Waals surface area contributed by atoms with E-state index in [1.807, 2.05) is 0 Å². The van der Waals surface area contributed by atoms with Crippen LogP contribution in [0.2, 0.25) is 12.6 Å². The topological polar surface area (TPSA) is 38.7 Å². The summed E-state index contributed by atoms with van der Waals surface area (Å²) in [4.78, 5) is 0. The summed E-state index contributed by atoms with van der Waals surface area (Å²) in [6.45, 7) is 7.56. The normalized spacial score (nSPS) is 15.7. The lowest BCUT2D eigenvalue weighted by Crippen LogP contribution is -2.39. The second kappa shape index (κ2) is 7.50. The zero-order valence-electron chi connectivity index (χ0n) is 9.01. The Hall–Kier alpha value is 0.0969. The summed E-state index contributed by atoms with van der Waals surface area (Å²) >= 11 is 0. The Kier molecular flexibility index (Phi) is 7.55. The van der Waals surface area contributed by atoms with Crippen molar-refractivity contribution in [3.63, 3.8) is 0 Å². The first-order chi connectivity index (χ1) is 6.18. The largest absolute Gasteiger partial charge is 0.394 e. The van der Waals surface area contributed by atoms with Crippen LogP contribution >= 0.6 is 0 Å². The van der Waals surface area contributed by atoms with E-state index in [4.69, 9.17) is 14.0 Å². The Morgan fingerprint density at radius 2 is 1.69 bits per heavy atom. The summed E-state index contributed by atoms with van der Waals surface area (Å²) in [5.74, 6) is 0. The van der Waals surface area contributed by atoms with Crippen LogP contribution in [0.4, 0.5) is 0 Å². The third-order valence-corrected chi connectivity index (χ3v) is 4.85. The summed E-state index contributed by atoms with van der Waals surface area (Å²) in [6, 6.07) is 1.01. The van der Waals surface area contributed by atoms with Crippen LogP contribution < -0.4 is 0 Å². The fourth-order valence-electron chi connectivity index (χ4n) is 1.22. The average molecular weight is 206 g/mol. The zero-order chi connectivity index (χ0) is 10.2. The Morgan fingerprint density at radius 1 is 1.08 bits per heavy atom. The molecule has 0 aromatic carbocycles. The van der Waals surface area contributed by atoms with E-state index in [0.29, 0.717) is 6.61 Å². The predicted molar refractivity (Wildman–Crippen MR) is 56.0 cm³/mol. The minimum absolute atomic E-state index is 0.0851. The highest BCUT2D eigenvalue weighted by atomic mass is 28.4. The molecule has 0 aliphatic carbocycles. The molecule has 0 rings (SSSR count). The van der Waals surface area contributed by atoms with Crippen molar-refractivity contribution < 1.29 is 14.0 Å².